The Kier molecular flexibility index (Phi) is 2.24. The molecule has 1 atom stereocenters. The van der Waals surface area contributed by atoms with Crippen molar-refractivity contribution in [1.82, 2.24) is 15.1 Å². The van der Waals surface area contributed by atoms with Crippen molar-refractivity contribution in [3.8, 4) is 0 Å². The lowest BCUT2D eigenvalue weighted by Crippen LogP contribution is -2.33. The van der Waals surface area contributed by atoms with Crippen LogP contribution < -0.4 is 5.43 Å². The molecule has 78 valence electrons. The highest BCUT2D eigenvalue weighted by Gasteiger charge is 2.11. The van der Waals surface area contributed by atoms with Crippen LogP contribution in [0.5, 0.6) is 0 Å². The summed E-state index contributed by atoms with van der Waals surface area (Å²) in [7, 11) is 0. The average molecular weight is 206 g/mol. The molecule has 2 N–H and O–H groups in total. The van der Waals surface area contributed by atoms with Crippen molar-refractivity contribution in [2.24, 2.45) is 0 Å². The van der Waals surface area contributed by atoms with E-state index in [4.69, 9.17) is 5.11 Å². The first-order chi connectivity index (χ1) is 7.16. The number of nitrogens with one attached hydrogen (secondary N) is 1. The summed E-state index contributed by atoms with van der Waals surface area (Å²) >= 11 is 0. The van der Waals surface area contributed by atoms with Gasteiger partial charge < -0.3 is 5.11 Å². The van der Waals surface area contributed by atoms with E-state index in [0.29, 0.717) is 0 Å². The van der Waals surface area contributed by atoms with Crippen molar-refractivity contribution in [2.75, 3.05) is 5.43 Å². The van der Waals surface area contributed by atoms with Crippen LogP contribution in [0.1, 0.15) is 6.92 Å². The molecular formula is C9H10N4O2. The first-order valence-corrected chi connectivity index (χ1v) is 4.48. The third-order valence-corrected chi connectivity index (χ3v) is 1.97. The average Bonchev–Trinajstić information content (AvgIpc) is 2.59. The molecule has 0 saturated heterocycles. The number of hydrogen-bond acceptors (Lipinski definition) is 4. The Morgan fingerprint density at radius 3 is 2.40 bits per heavy atom. The molecule has 6 heteroatoms. The maximum Gasteiger partial charge on any atom is 0.327 e. The number of benzene rings is 1. The molecule has 6 nitrogen and oxygen atoms in total. The quantitative estimate of drug-likeness (QED) is 0.762. The van der Waals surface area contributed by atoms with E-state index in [1.807, 2.05) is 24.3 Å². The zero-order valence-corrected chi connectivity index (χ0v) is 8.08. The summed E-state index contributed by atoms with van der Waals surface area (Å²) in [4.78, 5) is 11.8. The minimum atomic E-state index is -0.948. The monoisotopic (exact) mass is 206 g/mol. The summed E-state index contributed by atoms with van der Waals surface area (Å²) in [6.45, 7) is 1.52. The Morgan fingerprint density at radius 1 is 1.40 bits per heavy atom. The smallest absolute Gasteiger partial charge is 0.327 e. The van der Waals surface area contributed by atoms with Gasteiger partial charge in [-0.25, -0.2) is 4.79 Å². The first kappa shape index (κ1) is 9.45. The summed E-state index contributed by atoms with van der Waals surface area (Å²) in [5.41, 5.74) is 4.07. The van der Waals surface area contributed by atoms with Crippen LogP contribution in [0, 0.1) is 0 Å². The highest BCUT2D eigenvalue weighted by molar-refractivity contribution is 5.75. The fraction of sp³-hybridized carbons (Fsp3) is 0.222. The molecule has 1 heterocycles. The molecule has 0 saturated carbocycles. The largest absolute Gasteiger partial charge is 0.480 e. The number of aromatic nitrogens is 3. The first-order valence-electron chi connectivity index (χ1n) is 4.48. The van der Waals surface area contributed by atoms with Gasteiger partial charge in [-0.15, -0.1) is 10.2 Å². The van der Waals surface area contributed by atoms with Crippen LogP contribution in [0.4, 0.5) is 0 Å². The minimum absolute atomic E-state index is 0.725. The number of aliphatic carboxylic acids is 1. The number of rotatable bonds is 3. The zero-order chi connectivity index (χ0) is 10.8. The van der Waals surface area contributed by atoms with Crippen LogP contribution >= 0.6 is 0 Å². The van der Waals surface area contributed by atoms with Crippen LogP contribution in [0.3, 0.4) is 0 Å². The van der Waals surface area contributed by atoms with Crippen molar-refractivity contribution in [1.29, 1.82) is 0 Å². The minimum Gasteiger partial charge on any atom is -0.480 e. The molecule has 0 amide bonds. The van der Waals surface area contributed by atoms with Gasteiger partial charge in [0, 0.05) is 0 Å². The second kappa shape index (κ2) is 3.56. The molecule has 1 aromatic carbocycles. The van der Waals surface area contributed by atoms with Gasteiger partial charge in [0.15, 0.2) is 0 Å². The van der Waals surface area contributed by atoms with Gasteiger partial charge in [0.2, 0.25) is 0 Å². The lowest BCUT2D eigenvalue weighted by atomic mass is 10.3. The molecule has 0 radical (unpaired) electrons. The zero-order valence-electron chi connectivity index (χ0n) is 8.08. The second-order valence-corrected chi connectivity index (χ2v) is 3.17. The van der Waals surface area contributed by atoms with Crippen molar-refractivity contribution < 1.29 is 9.90 Å². The molecule has 1 unspecified atom stereocenters. The van der Waals surface area contributed by atoms with Gasteiger partial charge in [-0.2, -0.15) is 0 Å². The number of carbonyl (C=O) groups is 1. The van der Waals surface area contributed by atoms with Crippen LogP contribution in [0.25, 0.3) is 11.0 Å². The summed E-state index contributed by atoms with van der Waals surface area (Å²) in [5, 5.41) is 16.8. The van der Waals surface area contributed by atoms with Gasteiger partial charge in [0.05, 0.1) is 0 Å². The Hall–Kier alpha value is -2.11. The Balaban J connectivity index is 2.26. The maximum atomic E-state index is 10.6. The van der Waals surface area contributed by atoms with Crippen molar-refractivity contribution in [3.63, 3.8) is 0 Å². The van der Waals surface area contributed by atoms with Gasteiger partial charge >= 0.3 is 5.97 Å². The maximum absolute atomic E-state index is 10.6. The number of carboxylic acids is 1. The standard InChI is InChI=1S/C9H10N4O2/c1-6(9(14)15)10-13-11-7-4-2-3-5-8(7)12-13/h2-6,10H,1H3,(H,14,15). The lowest BCUT2D eigenvalue weighted by Gasteiger charge is -2.07. The van der Waals surface area contributed by atoms with Crippen LogP contribution in [-0.4, -0.2) is 32.2 Å². The third kappa shape index (κ3) is 1.88. The van der Waals surface area contributed by atoms with Gasteiger partial charge in [0.25, 0.3) is 0 Å². The van der Waals surface area contributed by atoms with E-state index in [1.165, 1.54) is 11.8 Å². The summed E-state index contributed by atoms with van der Waals surface area (Å²) in [6, 6.07) is 6.59. The summed E-state index contributed by atoms with van der Waals surface area (Å²) in [5.74, 6) is -0.948. The molecule has 2 rings (SSSR count). The Labute approximate surface area is 85.5 Å². The van der Waals surface area contributed by atoms with Crippen molar-refractivity contribution in [2.45, 2.75) is 13.0 Å². The molecule has 0 fully saturated rings. The van der Waals surface area contributed by atoms with Crippen molar-refractivity contribution in [3.05, 3.63) is 24.3 Å². The van der Waals surface area contributed by atoms with Crippen LogP contribution in [0.15, 0.2) is 24.3 Å². The second-order valence-electron chi connectivity index (χ2n) is 3.17. The molecule has 0 spiro atoms. The van der Waals surface area contributed by atoms with E-state index in [0.717, 1.165) is 11.0 Å². The van der Waals surface area contributed by atoms with Gasteiger partial charge in [0.1, 0.15) is 17.1 Å². The fourth-order valence-electron chi connectivity index (χ4n) is 1.15. The topological polar surface area (TPSA) is 80.0 Å². The molecule has 1 aromatic heterocycles. The van der Waals surface area contributed by atoms with E-state index in [9.17, 15) is 4.79 Å². The lowest BCUT2D eigenvalue weighted by molar-refractivity contribution is -0.137. The molecule has 0 aliphatic heterocycles. The SMILES string of the molecule is CC(Nn1nc2ccccc2n1)C(=O)O. The van der Waals surface area contributed by atoms with Crippen LogP contribution in [-0.2, 0) is 4.79 Å². The molecule has 0 aliphatic rings. The normalized spacial score (nSPS) is 12.6. The van der Waals surface area contributed by atoms with E-state index < -0.39 is 12.0 Å². The number of fused-ring (bicyclic) bond motifs is 1. The predicted octanol–water partition coefficient (Wildman–Crippen LogP) is 0.448. The highest BCUT2D eigenvalue weighted by Crippen LogP contribution is 2.06. The van der Waals surface area contributed by atoms with Crippen molar-refractivity contribution >= 4 is 17.0 Å². The molecule has 0 bridgehead atoms. The van der Waals surface area contributed by atoms with Gasteiger partial charge in [-0.3, -0.25) is 5.43 Å². The number of carboxylic acid groups (broad SMARTS) is 1. The fourth-order valence-corrected chi connectivity index (χ4v) is 1.15. The number of hydrogen-bond donors (Lipinski definition) is 2. The summed E-state index contributed by atoms with van der Waals surface area (Å²) < 4.78 is 0. The van der Waals surface area contributed by atoms with E-state index >= 15 is 0 Å². The number of nitrogens with zero attached hydrogens (tertiary/aromatic N) is 3. The Bertz CT molecular complexity index is 461. The van der Waals surface area contributed by atoms with E-state index in [2.05, 4.69) is 15.6 Å². The van der Waals surface area contributed by atoms with E-state index in [1.54, 1.807) is 0 Å². The third-order valence-electron chi connectivity index (χ3n) is 1.97. The van der Waals surface area contributed by atoms with E-state index in [-0.39, 0.29) is 0 Å². The Morgan fingerprint density at radius 2 is 1.93 bits per heavy atom. The molecular weight excluding hydrogens is 196 g/mol. The molecule has 0 aliphatic carbocycles. The predicted molar refractivity (Wildman–Crippen MR) is 54.0 cm³/mol. The van der Waals surface area contributed by atoms with Gasteiger partial charge in [-0.1, -0.05) is 17.0 Å². The molecule has 2 aromatic rings. The molecule has 15 heavy (non-hydrogen) atoms. The van der Waals surface area contributed by atoms with Gasteiger partial charge in [-0.05, 0) is 19.1 Å². The van der Waals surface area contributed by atoms with Crippen LogP contribution in [0.2, 0.25) is 0 Å². The highest BCUT2D eigenvalue weighted by atomic mass is 16.4. The summed E-state index contributed by atoms with van der Waals surface area (Å²) in [6.07, 6.45) is 0.